The zero-order valence-electron chi connectivity index (χ0n) is 15.3. The highest BCUT2D eigenvalue weighted by Crippen LogP contribution is 2.51. The molecule has 1 heterocycles. The number of aromatic hydroxyl groups is 2. The molecule has 2 aromatic rings. The number of phenols is 2. The summed E-state index contributed by atoms with van der Waals surface area (Å²) in [5.41, 5.74) is 3.55. The average Bonchev–Trinajstić information content (AvgIpc) is 3.15. The molecule has 3 atom stereocenters. The molecule has 0 saturated heterocycles. The molecule has 4 rings (SSSR count). The van der Waals surface area contributed by atoms with Crippen LogP contribution in [0.25, 0.3) is 0 Å². The van der Waals surface area contributed by atoms with E-state index < -0.39 is 0 Å². The van der Waals surface area contributed by atoms with Crippen molar-refractivity contribution in [2.75, 3.05) is 11.9 Å². The van der Waals surface area contributed by atoms with E-state index in [9.17, 15) is 15.0 Å². The molecule has 3 unspecified atom stereocenters. The molecule has 1 aliphatic carbocycles. The number of phenolic OH excluding ortho intramolecular Hbond substituents is 2. The van der Waals surface area contributed by atoms with Crippen LogP contribution in [0.3, 0.4) is 0 Å². The van der Waals surface area contributed by atoms with Gasteiger partial charge in [-0.3, -0.25) is 4.79 Å². The molecule has 0 aromatic heterocycles. The molecular weight excluding hydrogens is 340 g/mol. The van der Waals surface area contributed by atoms with Crippen LogP contribution in [-0.2, 0) is 0 Å². The van der Waals surface area contributed by atoms with Crippen LogP contribution in [0.15, 0.2) is 48.6 Å². The lowest BCUT2D eigenvalue weighted by Crippen LogP contribution is -2.30. The van der Waals surface area contributed by atoms with E-state index in [1.807, 2.05) is 25.1 Å². The molecule has 2 aliphatic rings. The second-order valence-corrected chi connectivity index (χ2v) is 7.28. The number of allylic oxidation sites excluding steroid dienone is 2. The van der Waals surface area contributed by atoms with E-state index in [1.54, 1.807) is 12.1 Å². The van der Waals surface area contributed by atoms with Gasteiger partial charge in [-0.1, -0.05) is 19.1 Å². The minimum Gasteiger partial charge on any atom is -0.508 e. The molecule has 1 amide bonds. The number of carbonyl (C=O) groups excluding carboxylic acids is 1. The molecule has 4 N–H and O–H groups in total. The maximum absolute atomic E-state index is 12.3. The van der Waals surface area contributed by atoms with Crippen LogP contribution < -0.4 is 10.6 Å². The zero-order valence-corrected chi connectivity index (χ0v) is 15.3. The highest BCUT2D eigenvalue weighted by atomic mass is 16.3. The maximum atomic E-state index is 12.3. The first kappa shape index (κ1) is 17.5. The lowest BCUT2D eigenvalue weighted by atomic mass is 9.76. The standard InChI is InChI=1S/C22H24N2O3/c1-2-10-23-22(27)13-6-9-19-18(11-13)15-4-3-5-16(15)21(24-19)17-8-7-14(25)12-20(17)26/h3-4,6-9,11-12,15-16,21,24-26H,2,5,10H2,1H3,(H,23,27). The van der Waals surface area contributed by atoms with E-state index in [2.05, 4.69) is 22.8 Å². The molecule has 1 aliphatic heterocycles. The number of rotatable bonds is 4. The van der Waals surface area contributed by atoms with Crippen LogP contribution in [0.5, 0.6) is 11.5 Å². The molecule has 0 saturated carbocycles. The summed E-state index contributed by atoms with van der Waals surface area (Å²) >= 11 is 0. The van der Waals surface area contributed by atoms with Gasteiger partial charge in [-0.2, -0.15) is 0 Å². The van der Waals surface area contributed by atoms with Crippen LogP contribution in [0.1, 0.15) is 53.2 Å². The summed E-state index contributed by atoms with van der Waals surface area (Å²) in [6, 6.07) is 10.5. The summed E-state index contributed by atoms with van der Waals surface area (Å²) < 4.78 is 0. The summed E-state index contributed by atoms with van der Waals surface area (Å²) in [5.74, 6) is 0.546. The fourth-order valence-corrected chi connectivity index (χ4v) is 4.18. The number of hydrogen-bond acceptors (Lipinski definition) is 4. The fraction of sp³-hybridized carbons (Fsp3) is 0.318. The van der Waals surface area contributed by atoms with Crippen molar-refractivity contribution in [1.82, 2.24) is 5.32 Å². The van der Waals surface area contributed by atoms with Crippen molar-refractivity contribution in [3.05, 3.63) is 65.2 Å². The number of nitrogens with one attached hydrogen (secondary N) is 2. The molecule has 5 heteroatoms. The SMILES string of the molecule is CCCNC(=O)c1ccc2c(c1)C1C=CCC1C(c1ccc(O)cc1O)N2. The first-order valence-electron chi connectivity index (χ1n) is 9.45. The predicted octanol–water partition coefficient (Wildman–Crippen LogP) is 4.06. The fourth-order valence-electron chi connectivity index (χ4n) is 4.18. The largest absolute Gasteiger partial charge is 0.508 e. The summed E-state index contributed by atoms with van der Waals surface area (Å²) in [4.78, 5) is 12.3. The quantitative estimate of drug-likeness (QED) is 0.617. The number of fused-ring (bicyclic) bond motifs is 3. The molecule has 0 radical (unpaired) electrons. The van der Waals surface area contributed by atoms with Crippen molar-refractivity contribution in [2.24, 2.45) is 5.92 Å². The van der Waals surface area contributed by atoms with Gasteiger partial charge in [-0.05, 0) is 54.7 Å². The Kier molecular flexibility index (Phi) is 4.52. The van der Waals surface area contributed by atoms with Crippen LogP contribution in [0.4, 0.5) is 5.69 Å². The monoisotopic (exact) mass is 364 g/mol. The Morgan fingerprint density at radius 2 is 2.04 bits per heavy atom. The molecule has 0 bridgehead atoms. The number of benzene rings is 2. The average molecular weight is 364 g/mol. The number of amides is 1. The number of hydrogen-bond donors (Lipinski definition) is 4. The Morgan fingerprint density at radius 3 is 2.81 bits per heavy atom. The zero-order chi connectivity index (χ0) is 19.0. The Bertz CT molecular complexity index is 906. The highest BCUT2D eigenvalue weighted by molar-refractivity contribution is 5.95. The molecule has 2 aromatic carbocycles. The van der Waals surface area contributed by atoms with Crippen LogP contribution in [-0.4, -0.2) is 22.7 Å². The van der Waals surface area contributed by atoms with Gasteiger partial charge in [0.1, 0.15) is 11.5 Å². The molecule has 5 nitrogen and oxygen atoms in total. The third kappa shape index (κ3) is 3.14. The van der Waals surface area contributed by atoms with Gasteiger partial charge >= 0.3 is 0 Å². The molecule has 0 fully saturated rings. The Morgan fingerprint density at radius 1 is 1.19 bits per heavy atom. The van der Waals surface area contributed by atoms with Gasteiger partial charge in [0, 0.05) is 35.3 Å². The Labute approximate surface area is 158 Å². The van der Waals surface area contributed by atoms with Crippen molar-refractivity contribution < 1.29 is 15.0 Å². The van der Waals surface area contributed by atoms with Crippen molar-refractivity contribution in [1.29, 1.82) is 0 Å². The third-order valence-electron chi connectivity index (χ3n) is 5.51. The molecule has 0 spiro atoms. The van der Waals surface area contributed by atoms with E-state index in [1.165, 1.54) is 6.07 Å². The van der Waals surface area contributed by atoms with Gasteiger partial charge in [0.15, 0.2) is 0 Å². The summed E-state index contributed by atoms with van der Waals surface area (Å²) in [7, 11) is 0. The molecule has 140 valence electrons. The van der Waals surface area contributed by atoms with Crippen LogP contribution in [0, 0.1) is 5.92 Å². The van der Waals surface area contributed by atoms with Crippen molar-refractivity contribution >= 4 is 11.6 Å². The Balaban J connectivity index is 1.69. The second-order valence-electron chi connectivity index (χ2n) is 7.28. The summed E-state index contributed by atoms with van der Waals surface area (Å²) in [5, 5.41) is 26.4. The lowest BCUT2D eigenvalue weighted by Gasteiger charge is -2.38. The van der Waals surface area contributed by atoms with E-state index in [0.29, 0.717) is 12.1 Å². The van der Waals surface area contributed by atoms with Crippen LogP contribution >= 0.6 is 0 Å². The minimum atomic E-state index is -0.0575. The second kappa shape index (κ2) is 6.99. The summed E-state index contributed by atoms with van der Waals surface area (Å²) in [6.07, 6.45) is 6.17. The summed E-state index contributed by atoms with van der Waals surface area (Å²) in [6.45, 7) is 2.70. The van der Waals surface area contributed by atoms with Crippen LogP contribution in [0.2, 0.25) is 0 Å². The van der Waals surface area contributed by atoms with Gasteiger partial charge in [-0.15, -0.1) is 0 Å². The minimum absolute atomic E-state index is 0.0449. The molecule has 27 heavy (non-hydrogen) atoms. The smallest absolute Gasteiger partial charge is 0.251 e. The number of anilines is 1. The van der Waals surface area contributed by atoms with E-state index in [-0.39, 0.29) is 35.3 Å². The van der Waals surface area contributed by atoms with Crippen molar-refractivity contribution in [3.8, 4) is 11.5 Å². The first-order valence-corrected chi connectivity index (χ1v) is 9.45. The van der Waals surface area contributed by atoms with E-state index >= 15 is 0 Å². The van der Waals surface area contributed by atoms with Crippen molar-refractivity contribution in [2.45, 2.75) is 31.7 Å². The van der Waals surface area contributed by atoms with Gasteiger partial charge in [0.2, 0.25) is 0 Å². The topological polar surface area (TPSA) is 81.6 Å². The highest BCUT2D eigenvalue weighted by Gasteiger charge is 2.39. The first-order chi connectivity index (χ1) is 13.1. The van der Waals surface area contributed by atoms with Gasteiger partial charge in [0.05, 0.1) is 6.04 Å². The van der Waals surface area contributed by atoms with E-state index in [0.717, 1.165) is 29.7 Å². The predicted molar refractivity (Wildman–Crippen MR) is 105 cm³/mol. The van der Waals surface area contributed by atoms with Crippen molar-refractivity contribution in [3.63, 3.8) is 0 Å². The molecular formula is C22H24N2O3. The van der Waals surface area contributed by atoms with Gasteiger partial charge in [0.25, 0.3) is 5.91 Å². The maximum Gasteiger partial charge on any atom is 0.251 e. The normalized spacial score (nSPS) is 22.6. The van der Waals surface area contributed by atoms with E-state index in [4.69, 9.17) is 0 Å². The van der Waals surface area contributed by atoms with Gasteiger partial charge in [-0.25, -0.2) is 0 Å². The third-order valence-corrected chi connectivity index (χ3v) is 5.51. The Hall–Kier alpha value is -2.95. The van der Waals surface area contributed by atoms with Gasteiger partial charge < -0.3 is 20.8 Å². The number of carbonyl (C=O) groups is 1. The lowest BCUT2D eigenvalue weighted by molar-refractivity contribution is 0.0953.